The van der Waals surface area contributed by atoms with Crippen molar-refractivity contribution in [3.63, 3.8) is 0 Å². The van der Waals surface area contributed by atoms with Crippen LogP contribution in [-0.2, 0) is 14.3 Å². The number of likely N-dealkylation sites (tertiary alicyclic amines) is 1. The van der Waals surface area contributed by atoms with Gasteiger partial charge in [-0.25, -0.2) is 14.6 Å². The molecule has 3 aromatic rings. The van der Waals surface area contributed by atoms with Gasteiger partial charge in [-0.05, 0) is 50.6 Å². The molecule has 2 heterocycles. The lowest BCUT2D eigenvalue weighted by Gasteiger charge is -2.27. The Labute approximate surface area is 207 Å². The Kier molecular flexibility index (Phi) is 6.79. The van der Waals surface area contributed by atoms with E-state index in [2.05, 4.69) is 15.9 Å². The normalized spacial score (nSPS) is 18.1. The summed E-state index contributed by atoms with van der Waals surface area (Å²) in [5, 5.41) is 0.985. The Morgan fingerprint density at radius 2 is 1.85 bits per heavy atom. The molecule has 1 aromatic heterocycles. The van der Waals surface area contributed by atoms with E-state index in [9.17, 15) is 9.59 Å². The Bertz CT molecular complexity index is 1220. The number of pyridine rings is 1. The smallest absolute Gasteiger partial charge is 0.411 e. The molecule has 0 N–H and O–H groups in total. The fraction of sp³-hybridized carbons (Fsp3) is 0.346. The lowest BCUT2D eigenvalue weighted by atomic mass is 10.0. The number of aromatic nitrogens is 1. The summed E-state index contributed by atoms with van der Waals surface area (Å²) in [6, 6.07) is 16.9. The third-order valence-electron chi connectivity index (χ3n) is 5.47. The van der Waals surface area contributed by atoms with E-state index >= 15 is 0 Å². The number of ether oxygens (including phenoxy) is 3. The molecule has 1 amide bonds. The van der Waals surface area contributed by atoms with Gasteiger partial charge in [0.25, 0.3) is 0 Å². The minimum Gasteiger partial charge on any atom is -0.472 e. The van der Waals surface area contributed by atoms with Gasteiger partial charge in [-0.2, -0.15) is 0 Å². The first-order valence-electron chi connectivity index (χ1n) is 11.0. The number of nitrogens with zero attached hydrogens (tertiary/aromatic N) is 2. The van der Waals surface area contributed by atoms with Crippen LogP contribution >= 0.6 is 15.9 Å². The lowest BCUT2D eigenvalue weighted by molar-refractivity contribution is -0.145. The van der Waals surface area contributed by atoms with Crippen molar-refractivity contribution in [2.45, 2.75) is 44.9 Å². The largest absolute Gasteiger partial charge is 0.472 e. The molecular weight excluding hydrogens is 500 g/mol. The SMILES string of the molecule is COC(=O)[C@@H]1C[C@@H](Oc2nc3ccccc3cc2-c2cccc(Br)c2)CN1C(=O)OC(C)(C)C. The highest BCUT2D eigenvalue weighted by atomic mass is 79.9. The Hall–Kier alpha value is -3.13. The maximum Gasteiger partial charge on any atom is 0.411 e. The van der Waals surface area contributed by atoms with Crippen molar-refractivity contribution < 1.29 is 23.8 Å². The van der Waals surface area contributed by atoms with Crippen LogP contribution in [0, 0.1) is 0 Å². The first-order valence-corrected chi connectivity index (χ1v) is 11.8. The molecule has 2 atom stereocenters. The van der Waals surface area contributed by atoms with E-state index in [1.165, 1.54) is 12.0 Å². The number of rotatable bonds is 4. The number of para-hydroxylation sites is 1. The molecule has 1 aliphatic rings. The number of carbonyl (C=O) groups is 2. The average Bonchev–Trinajstić information content (AvgIpc) is 3.21. The van der Waals surface area contributed by atoms with Crippen LogP contribution in [0.3, 0.4) is 0 Å². The first kappa shape index (κ1) is 24.0. The molecule has 0 saturated carbocycles. The van der Waals surface area contributed by atoms with Crippen molar-refractivity contribution >= 4 is 38.9 Å². The summed E-state index contributed by atoms with van der Waals surface area (Å²) in [4.78, 5) is 31.4. The second-order valence-corrected chi connectivity index (χ2v) is 10.1. The van der Waals surface area contributed by atoms with E-state index in [0.29, 0.717) is 5.88 Å². The molecule has 0 radical (unpaired) electrons. The third-order valence-corrected chi connectivity index (χ3v) is 5.96. The first-order chi connectivity index (χ1) is 16.1. The van der Waals surface area contributed by atoms with Gasteiger partial charge in [0.2, 0.25) is 5.88 Å². The van der Waals surface area contributed by atoms with Crippen molar-refractivity contribution in [1.29, 1.82) is 0 Å². The molecule has 1 aliphatic heterocycles. The predicted molar refractivity (Wildman–Crippen MR) is 133 cm³/mol. The van der Waals surface area contributed by atoms with E-state index in [4.69, 9.17) is 19.2 Å². The summed E-state index contributed by atoms with van der Waals surface area (Å²) in [5.41, 5.74) is 1.87. The van der Waals surface area contributed by atoms with Gasteiger partial charge >= 0.3 is 12.1 Å². The van der Waals surface area contributed by atoms with Crippen LogP contribution in [0.25, 0.3) is 22.0 Å². The number of benzene rings is 2. The lowest BCUT2D eigenvalue weighted by Crippen LogP contribution is -2.44. The van der Waals surface area contributed by atoms with Gasteiger partial charge in [0, 0.05) is 21.8 Å². The van der Waals surface area contributed by atoms with Crippen LogP contribution in [0.1, 0.15) is 27.2 Å². The van der Waals surface area contributed by atoms with Crippen molar-refractivity contribution in [2.75, 3.05) is 13.7 Å². The quantitative estimate of drug-likeness (QED) is 0.412. The molecule has 1 saturated heterocycles. The molecule has 0 unspecified atom stereocenters. The summed E-state index contributed by atoms with van der Waals surface area (Å²) >= 11 is 3.53. The number of hydrogen-bond donors (Lipinski definition) is 0. The zero-order valence-corrected chi connectivity index (χ0v) is 21.2. The molecule has 7 nitrogen and oxygen atoms in total. The highest BCUT2D eigenvalue weighted by Crippen LogP contribution is 2.35. The van der Waals surface area contributed by atoms with E-state index in [-0.39, 0.29) is 13.0 Å². The van der Waals surface area contributed by atoms with Gasteiger partial charge in [-0.1, -0.05) is 46.3 Å². The fourth-order valence-electron chi connectivity index (χ4n) is 3.97. The summed E-state index contributed by atoms with van der Waals surface area (Å²) < 4.78 is 17.8. The minimum atomic E-state index is -0.792. The van der Waals surface area contributed by atoms with Crippen LogP contribution in [0.15, 0.2) is 59.1 Å². The van der Waals surface area contributed by atoms with Crippen LogP contribution < -0.4 is 4.74 Å². The van der Waals surface area contributed by atoms with Crippen molar-refractivity contribution in [3.05, 3.63) is 59.1 Å². The van der Waals surface area contributed by atoms with Crippen LogP contribution in [0.4, 0.5) is 4.79 Å². The maximum atomic E-state index is 12.8. The van der Waals surface area contributed by atoms with Crippen LogP contribution in [0.2, 0.25) is 0 Å². The molecule has 0 spiro atoms. The van der Waals surface area contributed by atoms with Crippen molar-refractivity contribution in [3.8, 4) is 17.0 Å². The van der Waals surface area contributed by atoms with Crippen LogP contribution in [0.5, 0.6) is 5.88 Å². The summed E-state index contributed by atoms with van der Waals surface area (Å²) in [5.74, 6) is -0.0629. The van der Waals surface area contributed by atoms with Gasteiger partial charge in [0.05, 0.1) is 19.2 Å². The Balaban J connectivity index is 1.68. The predicted octanol–water partition coefficient (Wildman–Crippen LogP) is 5.59. The zero-order chi connectivity index (χ0) is 24.5. The fourth-order valence-corrected chi connectivity index (χ4v) is 4.37. The number of amides is 1. The molecule has 8 heteroatoms. The molecule has 34 heavy (non-hydrogen) atoms. The average molecular weight is 527 g/mol. The zero-order valence-electron chi connectivity index (χ0n) is 19.6. The topological polar surface area (TPSA) is 78.0 Å². The summed E-state index contributed by atoms with van der Waals surface area (Å²) in [6.45, 7) is 5.53. The standard InChI is InChI=1S/C26H27BrN2O5/c1-26(2,3)34-25(31)29-15-19(14-22(29)24(30)32-4)33-23-20(16-9-7-10-18(27)12-16)13-17-8-5-6-11-21(17)28-23/h5-13,19,22H,14-15H2,1-4H3/t19-,22+/m1/s1. The number of fused-ring (bicyclic) bond motifs is 1. The highest BCUT2D eigenvalue weighted by Gasteiger charge is 2.43. The molecular formula is C26H27BrN2O5. The van der Waals surface area contributed by atoms with E-state index in [1.54, 1.807) is 20.8 Å². The highest BCUT2D eigenvalue weighted by molar-refractivity contribution is 9.10. The minimum absolute atomic E-state index is 0.182. The molecule has 2 aromatic carbocycles. The molecule has 0 aliphatic carbocycles. The van der Waals surface area contributed by atoms with Crippen LogP contribution in [-0.4, -0.2) is 53.3 Å². The van der Waals surface area contributed by atoms with Gasteiger partial charge in [0.1, 0.15) is 17.7 Å². The van der Waals surface area contributed by atoms with Crippen molar-refractivity contribution in [2.24, 2.45) is 0 Å². The van der Waals surface area contributed by atoms with E-state index in [1.807, 2.05) is 54.6 Å². The Morgan fingerprint density at radius 1 is 1.09 bits per heavy atom. The van der Waals surface area contributed by atoms with E-state index in [0.717, 1.165) is 26.5 Å². The van der Waals surface area contributed by atoms with Gasteiger partial charge in [-0.3, -0.25) is 4.90 Å². The van der Waals surface area contributed by atoms with Gasteiger partial charge in [-0.15, -0.1) is 0 Å². The van der Waals surface area contributed by atoms with E-state index < -0.39 is 29.8 Å². The molecule has 4 rings (SSSR count). The Morgan fingerprint density at radius 3 is 2.56 bits per heavy atom. The maximum absolute atomic E-state index is 12.8. The van der Waals surface area contributed by atoms with Gasteiger partial charge < -0.3 is 14.2 Å². The number of carbonyl (C=O) groups excluding carboxylic acids is 2. The summed E-state index contributed by atoms with van der Waals surface area (Å²) in [7, 11) is 1.31. The van der Waals surface area contributed by atoms with Crippen molar-refractivity contribution in [1.82, 2.24) is 9.88 Å². The number of halogens is 1. The monoisotopic (exact) mass is 526 g/mol. The molecule has 1 fully saturated rings. The van der Waals surface area contributed by atoms with Gasteiger partial charge in [0.15, 0.2) is 0 Å². The summed E-state index contributed by atoms with van der Waals surface area (Å²) in [6.07, 6.45) is -0.762. The molecule has 0 bridgehead atoms. The number of methoxy groups -OCH3 is 1. The second-order valence-electron chi connectivity index (χ2n) is 9.19. The number of hydrogen-bond acceptors (Lipinski definition) is 6. The number of esters is 1. The molecule has 178 valence electrons. The third kappa shape index (κ3) is 5.33. The second kappa shape index (κ2) is 9.62.